The molecule has 1 atom stereocenters. The molecule has 0 bridgehead atoms. The Morgan fingerprint density at radius 2 is 2.00 bits per heavy atom. The molecule has 1 aromatic carbocycles. The predicted octanol–water partition coefficient (Wildman–Crippen LogP) is 1.42. The first-order chi connectivity index (χ1) is 8.59. The van der Waals surface area contributed by atoms with Crippen molar-refractivity contribution in [2.45, 2.75) is 19.1 Å². The first kappa shape index (κ1) is 12.8. The van der Waals surface area contributed by atoms with Crippen molar-refractivity contribution in [1.29, 1.82) is 0 Å². The van der Waals surface area contributed by atoms with E-state index in [-0.39, 0.29) is 0 Å². The number of hydrogen-bond donors (Lipinski definition) is 2. The molecule has 0 aliphatic rings. The van der Waals surface area contributed by atoms with E-state index in [4.69, 9.17) is 0 Å². The zero-order valence-electron chi connectivity index (χ0n) is 10.8. The van der Waals surface area contributed by atoms with Crippen LogP contribution in [0.25, 0.3) is 0 Å². The van der Waals surface area contributed by atoms with Crippen LogP contribution in [-0.4, -0.2) is 21.4 Å². The number of aliphatic hydroxyl groups is 1. The summed E-state index contributed by atoms with van der Waals surface area (Å²) in [7, 11) is 1.91. The molecule has 2 aromatic rings. The van der Waals surface area contributed by atoms with E-state index in [1.54, 1.807) is 6.20 Å². The minimum Gasteiger partial charge on any atom is -0.384 e. The normalized spacial score (nSPS) is 14.4. The van der Waals surface area contributed by atoms with E-state index in [0.29, 0.717) is 13.1 Å². The van der Waals surface area contributed by atoms with Crippen LogP contribution in [0, 0.1) is 0 Å². The van der Waals surface area contributed by atoms with Crippen molar-refractivity contribution in [3.05, 3.63) is 53.9 Å². The van der Waals surface area contributed by atoms with Gasteiger partial charge in [-0.3, -0.25) is 4.68 Å². The highest BCUT2D eigenvalue weighted by Gasteiger charge is 2.21. The van der Waals surface area contributed by atoms with Gasteiger partial charge in [-0.15, -0.1) is 0 Å². The minimum atomic E-state index is -0.861. The van der Waals surface area contributed by atoms with E-state index >= 15 is 0 Å². The van der Waals surface area contributed by atoms with Crippen molar-refractivity contribution in [1.82, 2.24) is 15.1 Å². The fourth-order valence-corrected chi connectivity index (χ4v) is 1.91. The second-order valence-electron chi connectivity index (χ2n) is 4.69. The van der Waals surface area contributed by atoms with Crippen molar-refractivity contribution >= 4 is 0 Å². The van der Waals surface area contributed by atoms with E-state index in [2.05, 4.69) is 10.4 Å². The molecule has 0 aliphatic carbocycles. The van der Waals surface area contributed by atoms with Crippen molar-refractivity contribution < 1.29 is 5.11 Å². The first-order valence-corrected chi connectivity index (χ1v) is 6.05. The largest absolute Gasteiger partial charge is 0.384 e. The van der Waals surface area contributed by atoms with Crippen LogP contribution >= 0.6 is 0 Å². The van der Waals surface area contributed by atoms with E-state index in [1.807, 2.05) is 55.1 Å². The molecule has 96 valence electrons. The van der Waals surface area contributed by atoms with Crippen molar-refractivity contribution in [2.24, 2.45) is 7.05 Å². The monoisotopic (exact) mass is 245 g/mol. The van der Waals surface area contributed by atoms with Crippen LogP contribution < -0.4 is 5.32 Å². The van der Waals surface area contributed by atoms with Crippen molar-refractivity contribution in [2.75, 3.05) is 6.54 Å². The molecule has 0 fully saturated rings. The average Bonchev–Trinajstić information content (AvgIpc) is 2.76. The molecule has 2 N–H and O–H groups in total. The molecule has 0 aliphatic heterocycles. The lowest BCUT2D eigenvalue weighted by molar-refractivity contribution is 0.0565. The molecule has 18 heavy (non-hydrogen) atoms. The number of nitrogens with zero attached hydrogens (tertiary/aromatic N) is 2. The topological polar surface area (TPSA) is 50.1 Å². The molecule has 1 aromatic heterocycles. The first-order valence-electron chi connectivity index (χ1n) is 6.05. The average molecular weight is 245 g/mol. The molecule has 1 heterocycles. The fourth-order valence-electron chi connectivity index (χ4n) is 1.91. The van der Waals surface area contributed by atoms with Gasteiger partial charge in [0.2, 0.25) is 0 Å². The number of rotatable bonds is 5. The van der Waals surface area contributed by atoms with Crippen LogP contribution in [0.4, 0.5) is 0 Å². The maximum atomic E-state index is 10.4. The van der Waals surface area contributed by atoms with E-state index < -0.39 is 5.60 Å². The number of benzene rings is 1. The summed E-state index contributed by atoms with van der Waals surface area (Å²) in [6, 6.07) is 11.7. The molecule has 0 spiro atoms. The lowest BCUT2D eigenvalue weighted by atomic mass is 9.96. The Kier molecular flexibility index (Phi) is 3.79. The highest BCUT2D eigenvalue weighted by Crippen LogP contribution is 2.18. The van der Waals surface area contributed by atoms with Crippen LogP contribution in [-0.2, 0) is 19.2 Å². The Morgan fingerprint density at radius 3 is 2.61 bits per heavy atom. The SMILES string of the molecule is Cn1nccc1CNCC(C)(O)c1ccccc1. The smallest absolute Gasteiger partial charge is 0.0992 e. The summed E-state index contributed by atoms with van der Waals surface area (Å²) >= 11 is 0. The maximum Gasteiger partial charge on any atom is 0.0992 e. The van der Waals surface area contributed by atoms with E-state index in [0.717, 1.165) is 11.3 Å². The van der Waals surface area contributed by atoms with Gasteiger partial charge in [-0.2, -0.15) is 5.10 Å². The zero-order chi connectivity index (χ0) is 13.0. The number of aromatic nitrogens is 2. The van der Waals surface area contributed by atoms with Gasteiger partial charge in [0.1, 0.15) is 0 Å². The van der Waals surface area contributed by atoms with Gasteiger partial charge in [-0.05, 0) is 18.6 Å². The predicted molar refractivity (Wildman–Crippen MR) is 70.9 cm³/mol. The van der Waals surface area contributed by atoms with Crippen molar-refractivity contribution in [3.8, 4) is 0 Å². The van der Waals surface area contributed by atoms with Crippen LogP contribution in [0.1, 0.15) is 18.2 Å². The fraction of sp³-hybridized carbons (Fsp3) is 0.357. The van der Waals surface area contributed by atoms with Gasteiger partial charge in [0, 0.05) is 26.3 Å². The third kappa shape index (κ3) is 2.97. The molecule has 1 unspecified atom stereocenters. The summed E-state index contributed by atoms with van der Waals surface area (Å²) in [6.07, 6.45) is 1.77. The van der Waals surface area contributed by atoms with Crippen LogP contribution in [0.2, 0.25) is 0 Å². The Balaban J connectivity index is 1.92. The molecule has 4 heteroatoms. The Hall–Kier alpha value is -1.65. The zero-order valence-corrected chi connectivity index (χ0v) is 10.8. The van der Waals surface area contributed by atoms with Crippen LogP contribution in [0.5, 0.6) is 0 Å². The van der Waals surface area contributed by atoms with Gasteiger partial charge in [-0.1, -0.05) is 30.3 Å². The number of nitrogens with one attached hydrogen (secondary N) is 1. The molecular weight excluding hydrogens is 226 g/mol. The lowest BCUT2D eigenvalue weighted by Gasteiger charge is -2.24. The van der Waals surface area contributed by atoms with Gasteiger partial charge >= 0.3 is 0 Å². The molecule has 0 radical (unpaired) electrons. The third-order valence-electron chi connectivity index (χ3n) is 3.09. The third-order valence-corrected chi connectivity index (χ3v) is 3.09. The molecule has 2 rings (SSSR count). The van der Waals surface area contributed by atoms with Gasteiger partial charge in [-0.25, -0.2) is 0 Å². The van der Waals surface area contributed by atoms with E-state index in [9.17, 15) is 5.11 Å². The van der Waals surface area contributed by atoms with Crippen LogP contribution in [0.15, 0.2) is 42.6 Å². The second-order valence-corrected chi connectivity index (χ2v) is 4.69. The molecule has 4 nitrogen and oxygen atoms in total. The number of hydrogen-bond acceptors (Lipinski definition) is 3. The lowest BCUT2D eigenvalue weighted by Crippen LogP contribution is -2.35. The van der Waals surface area contributed by atoms with Gasteiger partial charge in [0.15, 0.2) is 0 Å². The maximum absolute atomic E-state index is 10.4. The summed E-state index contributed by atoms with van der Waals surface area (Å²) < 4.78 is 1.82. The summed E-state index contributed by atoms with van der Waals surface area (Å²) in [4.78, 5) is 0. The molecule has 0 amide bonds. The Morgan fingerprint density at radius 1 is 1.28 bits per heavy atom. The highest BCUT2D eigenvalue weighted by atomic mass is 16.3. The summed E-state index contributed by atoms with van der Waals surface area (Å²) in [6.45, 7) is 3.01. The highest BCUT2D eigenvalue weighted by molar-refractivity contribution is 5.21. The van der Waals surface area contributed by atoms with Crippen molar-refractivity contribution in [3.63, 3.8) is 0 Å². The van der Waals surface area contributed by atoms with Gasteiger partial charge in [0.05, 0.1) is 11.3 Å². The van der Waals surface area contributed by atoms with E-state index in [1.165, 1.54) is 0 Å². The Bertz CT molecular complexity index is 491. The minimum absolute atomic E-state index is 0.502. The second kappa shape index (κ2) is 5.33. The van der Waals surface area contributed by atoms with Gasteiger partial charge in [0.25, 0.3) is 0 Å². The molecule has 0 saturated carbocycles. The molecule has 0 saturated heterocycles. The summed E-state index contributed by atoms with van der Waals surface area (Å²) in [5.41, 5.74) is 1.15. The quantitative estimate of drug-likeness (QED) is 0.837. The summed E-state index contributed by atoms with van der Waals surface area (Å²) in [5.74, 6) is 0. The number of aryl methyl sites for hydroxylation is 1. The summed E-state index contributed by atoms with van der Waals surface area (Å²) in [5, 5.41) is 17.8. The van der Waals surface area contributed by atoms with Gasteiger partial charge < -0.3 is 10.4 Å². The standard InChI is InChI=1S/C14H19N3O/c1-14(18,12-6-4-3-5-7-12)11-15-10-13-8-9-16-17(13)2/h3-9,15,18H,10-11H2,1-2H3. The Labute approximate surface area is 107 Å². The molecular formula is C14H19N3O. The van der Waals surface area contributed by atoms with Crippen LogP contribution in [0.3, 0.4) is 0 Å².